The van der Waals surface area contributed by atoms with Gasteiger partial charge in [0.2, 0.25) is 0 Å². The van der Waals surface area contributed by atoms with E-state index in [0.717, 1.165) is 11.3 Å². The Morgan fingerprint density at radius 3 is 2.63 bits per heavy atom. The van der Waals surface area contributed by atoms with Gasteiger partial charge in [0.05, 0.1) is 12.3 Å². The lowest BCUT2D eigenvalue weighted by Crippen LogP contribution is -2.42. The van der Waals surface area contributed by atoms with Gasteiger partial charge in [-0.2, -0.15) is 13.2 Å². The van der Waals surface area contributed by atoms with Crippen molar-refractivity contribution in [1.29, 1.82) is 0 Å². The van der Waals surface area contributed by atoms with Crippen molar-refractivity contribution in [2.24, 2.45) is 0 Å². The second kappa shape index (κ2) is 8.71. The van der Waals surface area contributed by atoms with Crippen molar-refractivity contribution in [2.75, 3.05) is 19.7 Å². The summed E-state index contributed by atoms with van der Waals surface area (Å²) in [6, 6.07) is 6.74. The maximum atomic E-state index is 12.9. The van der Waals surface area contributed by atoms with Crippen molar-refractivity contribution in [3.05, 3.63) is 39.9 Å². The van der Waals surface area contributed by atoms with E-state index in [9.17, 15) is 22.8 Å². The molecule has 1 aromatic heterocycles. The lowest BCUT2D eigenvalue weighted by molar-refractivity contribution is -0.153. The number of amides is 1. The van der Waals surface area contributed by atoms with Crippen molar-refractivity contribution in [3.8, 4) is 10.6 Å². The zero-order chi connectivity index (χ0) is 20.2. The molecular formula is C17H16ClF3N2O3S. The van der Waals surface area contributed by atoms with Crippen LogP contribution in [0.2, 0.25) is 5.02 Å². The lowest BCUT2D eigenvalue weighted by Gasteiger charge is -2.22. The number of carbonyl (C=O) groups is 2. The SMILES string of the molecule is CCOC(=O)CN(CC(F)(F)F)C(=O)c1sc(-c2cccc(Cl)c2)nc1C. The minimum atomic E-state index is -4.66. The number of halogens is 4. The summed E-state index contributed by atoms with van der Waals surface area (Å²) in [4.78, 5) is 29.0. The Bertz CT molecular complexity index is 839. The van der Waals surface area contributed by atoms with Crippen LogP contribution < -0.4 is 0 Å². The molecule has 0 atom stereocenters. The van der Waals surface area contributed by atoms with Gasteiger partial charge in [0, 0.05) is 10.6 Å². The zero-order valence-electron chi connectivity index (χ0n) is 14.5. The molecule has 0 bridgehead atoms. The summed E-state index contributed by atoms with van der Waals surface area (Å²) in [6.45, 7) is 0.697. The Kier molecular flexibility index (Phi) is 6.83. The minimum Gasteiger partial charge on any atom is -0.465 e. The smallest absolute Gasteiger partial charge is 0.406 e. The van der Waals surface area contributed by atoms with Gasteiger partial charge < -0.3 is 9.64 Å². The molecule has 0 unspecified atom stereocenters. The van der Waals surface area contributed by atoms with Crippen LogP contribution in [-0.2, 0) is 9.53 Å². The quantitative estimate of drug-likeness (QED) is 0.652. The van der Waals surface area contributed by atoms with Gasteiger partial charge in [0.1, 0.15) is 23.0 Å². The highest BCUT2D eigenvalue weighted by molar-refractivity contribution is 7.17. The van der Waals surface area contributed by atoms with Crippen molar-refractivity contribution < 1.29 is 27.5 Å². The molecule has 0 aliphatic heterocycles. The molecule has 10 heteroatoms. The monoisotopic (exact) mass is 420 g/mol. The third-order valence-electron chi connectivity index (χ3n) is 3.35. The van der Waals surface area contributed by atoms with E-state index in [4.69, 9.17) is 11.6 Å². The highest BCUT2D eigenvalue weighted by Gasteiger charge is 2.35. The fourth-order valence-electron chi connectivity index (χ4n) is 2.26. The first-order valence-electron chi connectivity index (χ1n) is 7.85. The van der Waals surface area contributed by atoms with Gasteiger partial charge in [-0.1, -0.05) is 23.7 Å². The number of nitrogens with zero attached hydrogens (tertiary/aromatic N) is 2. The topological polar surface area (TPSA) is 59.5 Å². The molecule has 0 N–H and O–H groups in total. The second-order valence-corrected chi connectivity index (χ2v) is 6.96. The van der Waals surface area contributed by atoms with Crippen LogP contribution in [0.4, 0.5) is 13.2 Å². The van der Waals surface area contributed by atoms with Gasteiger partial charge in [0.15, 0.2) is 0 Å². The summed E-state index contributed by atoms with van der Waals surface area (Å²) in [5.41, 5.74) is 0.915. The molecule has 0 radical (unpaired) electrons. The molecule has 1 amide bonds. The first-order valence-corrected chi connectivity index (χ1v) is 9.05. The predicted octanol–water partition coefficient (Wildman–Crippen LogP) is 4.34. The fraction of sp³-hybridized carbons (Fsp3) is 0.353. The van der Waals surface area contributed by atoms with Crippen LogP contribution >= 0.6 is 22.9 Å². The molecule has 0 fully saturated rings. The van der Waals surface area contributed by atoms with E-state index in [1.807, 2.05) is 0 Å². The molecule has 0 aliphatic carbocycles. The highest BCUT2D eigenvalue weighted by atomic mass is 35.5. The summed E-state index contributed by atoms with van der Waals surface area (Å²) >= 11 is 6.88. The summed E-state index contributed by atoms with van der Waals surface area (Å²) in [5, 5.41) is 0.913. The number of alkyl halides is 3. The van der Waals surface area contributed by atoms with Crippen LogP contribution in [-0.4, -0.2) is 47.6 Å². The number of ether oxygens (including phenoxy) is 1. The molecule has 0 saturated heterocycles. The Labute approximate surface area is 162 Å². The molecule has 2 aromatic rings. The van der Waals surface area contributed by atoms with E-state index in [1.54, 1.807) is 24.3 Å². The third kappa shape index (κ3) is 5.93. The first kappa shape index (κ1) is 21.2. The predicted molar refractivity (Wildman–Crippen MR) is 95.9 cm³/mol. The molecule has 0 spiro atoms. The number of benzene rings is 1. The molecule has 27 heavy (non-hydrogen) atoms. The van der Waals surface area contributed by atoms with Crippen LogP contribution in [0.1, 0.15) is 22.3 Å². The van der Waals surface area contributed by atoms with Gasteiger partial charge in [-0.15, -0.1) is 11.3 Å². The number of carbonyl (C=O) groups excluding carboxylic acids is 2. The maximum Gasteiger partial charge on any atom is 0.406 e. The summed E-state index contributed by atoms with van der Waals surface area (Å²) in [5.74, 6) is -1.84. The van der Waals surface area contributed by atoms with Gasteiger partial charge in [-0.05, 0) is 26.0 Å². The van der Waals surface area contributed by atoms with Crippen LogP contribution in [0, 0.1) is 6.92 Å². The van der Waals surface area contributed by atoms with Crippen LogP contribution in [0.5, 0.6) is 0 Å². The average Bonchev–Trinajstić information content (AvgIpc) is 2.94. The molecule has 5 nitrogen and oxygen atoms in total. The Morgan fingerprint density at radius 2 is 2.04 bits per heavy atom. The van der Waals surface area contributed by atoms with Crippen molar-refractivity contribution in [2.45, 2.75) is 20.0 Å². The molecule has 1 heterocycles. The van der Waals surface area contributed by atoms with E-state index < -0.39 is 31.1 Å². The number of aryl methyl sites for hydroxylation is 1. The average molecular weight is 421 g/mol. The third-order valence-corrected chi connectivity index (χ3v) is 4.77. The zero-order valence-corrected chi connectivity index (χ0v) is 16.0. The van der Waals surface area contributed by atoms with E-state index >= 15 is 0 Å². The fourth-order valence-corrected chi connectivity index (χ4v) is 3.48. The van der Waals surface area contributed by atoms with E-state index in [0.29, 0.717) is 20.5 Å². The Morgan fingerprint density at radius 1 is 1.33 bits per heavy atom. The van der Waals surface area contributed by atoms with Crippen LogP contribution in [0.25, 0.3) is 10.6 Å². The Hall–Kier alpha value is -2.13. The second-order valence-electron chi connectivity index (χ2n) is 5.53. The highest BCUT2D eigenvalue weighted by Crippen LogP contribution is 2.31. The molecule has 0 saturated carbocycles. The summed E-state index contributed by atoms with van der Waals surface area (Å²) < 4.78 is 43.2. The molecule has 146 valence electrons. The van der Waals surface area contributed by atoms with Crippen LogP contribution in [0.15, 0.2) is 24.3 Å². The number of hydrogen-bond donors (Lipinski definition) is 0. The number of aromatic nitrogens is 1. The number of hydrogen-bond acceptors (Lipinski definition) is 5. The van der Waals surface area contributed by atoms with Gasteiger partial charge in [-0.25, -0.2) is 4.98 Å². The molecule has 0 aliphatic rings. The number of esters is 1. The van der Waals surface area contributed by atoms with E-state index in [1.165, 1.54) is 13.8 Å². The van der Waals surface area contributed by atoms with Crippen molar-refractivity contribution >= 4 is 34.8 Å². The Balaban J connectivity index is 2.32. The molecule has 2 rings (SSSR count). The van der Waals surface area contributed by atoms with Gasteiger partial charge >= 0.3 is 12.1 Å². The van der Waals surface area contributed by atoms with E-state index in [-0.39, 0.29) is 17.2 Å². The largest absolute Gasteiger partial charge is 0.465 e. The van der Waals surface area contributed by atoms with Gasteiger partial charge in [-0.3, -0.25) is 9.59 Å². The maximum absolute atomic E-state index is 12.9. The van der Waals surface area contributed by atoms with Crippen molar-refractivity contribution in [1.82, 2.24) is 9.88 Å². The standard InChI is InChI=1S/C17H16ClF3N2O3S/c1-3-26-13(24)8-23(9-17(19,20)21)16(25)14-10(2)22-15(27-14)11-5-4-6-12(18)7-11/h4-7H,3,8-9H2,1-2H3. The van der Waals surface area contributed by atoms with Crippen molar-refractivity contribution in [3.63, 3.8) is 0 Å². The first-order chi connectivity index (χ1) is 12.6. The summed E-state index contributed by atoms with van der Waals surface area (Å²) in [7, 11) is 0. The summed E-state index contributed by atoms with van der Waals surface area (Å²) in [6.07, 6.45) is -4.66. The minimum absolute atomic E-state index is 0.00534. The number of thiazole rings is 1. The molecule has 1 aromatic carbocycles. The molecular weight excluding hydrogens is 405 g/mol. The lowest BCUT2D eigenvalue weighted by atomic mass is 10.2. The van der Waals surface area contributed by atoms with E-state index in [2.05, 4.69) is 9.72 Å². The van der Waals surface area contributed by atoms with Gasteiger partial charge in [0.25, 0.3) is 5.91 Å². The normalized spacial score (nSPS) is 11.3. The van der Waals surface area contributed by atoms with Crippen LogP contribution in [0.3, 0.4) is 0 Å². The number of rotatable bonds is 6.